The third-order valence-electron chi connectivity index (χ3n) is 6.14. The Balaban J connectivity index is 1.38. The summed E-state index contributed by atoms with van der Waals surface area (Å²) >= 11 is 3.51. The Morgan fingerprint density at radius 3 is 2.69 bits per heavy atom. The number of hydrogen-bond donors (Lipinski definition) is 2. The predicted octanol–water partition coefficient (Wildman–Crippen LogP) is 4.07. The molecule has 1 aromatic heterocycles. The van der Waals surface area contributed by atoms with Crippen LogP contribution in [-0.2, 0) is 10.2 Å². The molecule has 2 aliphatic heterocycles. The van der Waals surface area contributed by atoms with Gasteiger partial charge in [0.2, 0.25) is 5.91 Å². The van der Waals surface area contributed by atoms with Gasteiger partial charge in [-0.3, -0.25) is 9.59 Å². The van der Waals surface area contributed by atoms with Crippen LogP contribution in [-0.4, -0.2) is 41.9 Å². The zero-order chi connectivity index (χ0) is 20.2. The monoisotopic (exact) mass is 453 g/mol. The molecule has 0 atom stereocenters. The van der Waals surface area contributed by atoms with Gasteiger partial charge in [-0.15, -0.1) is 0 Å². The van der Waals surface area contributed by atoms with Crippen LogP contribution in [0, 0.1) is 0 Å². The number of benzene rings is 2. The number of amides is 2. The summed E-state index contributed by atoms with van der Waals surface area (Å²) < 4.78 is 6.21. The Bertz CT molecular complexity index is 1150. The van der Waals surface area contributed by atoms with Gasteiger partial charge < -0.3 is 19.9 Å². The molecule has 0 radical (unpaired) electrons. The molecule has 0 bridgehead atoms. The number of nitrogens with one attached hydrogen (secondary N) is 2. The third kappa shape index (κ3) is 2.83. The van der Waals surface area contributed by atoms with E-state index in [0.29, 0.717) is 31.6 Å². The molecule has 29 heavy (non-hydrogen) atoms. The first kappa shape index (κ1) is 18.2. The summed E-state index contributed by atoms with van der Waals surface area (Å²) in [6.07, 6.45) is 1.23. The third-order valence-corrected chi connectivity index (χ3v) is 6.64. The van der Waals surface area contributed by atoms with Crippen LogP contribution in [0.3, 0.4) is 0 Å². The second-order valence-corrected chi connectivity index (χ2v) is 8.57. The minimum Gasteiger partial charge on any atom is -0.497 e. The smallest absolute Gasteiger partial charge is 0.270 e. The summed E-state index contributed by atoms with van der Waals surface area (Å²) in [5.74, 6) is 0.744. The van der Waals surface area contributed by atoms with E-state index in [2.05, 4.69) is 26.2 Å². The largest absolute Gasteiger partial charge is 0.497 e. The van der Waals surface area contributed by atoms with Gasteiger partial charge >= 0.3 is 0 Å². The molecule has 1 spiro atoms. The zero-order valence-corrected chi connectivity index (χ0v) is 17.5. The van der Waals surface area contributed by atoms with E-state index in [1.54, 1.807) is 7.11 Å². The van der Waals surface area contributed by atoms with Gasteiger partial charge in [-0.2, -0.15) is 0 Å². The number of rotatable bonds is 2. The summed E-state index contributed by atoms with van der Waals surface area (Å²) in [5, 5.41) is 3.98. The molecule has 5 rings (SSSR count). The van der Waals surface area contributed by atoms with Crippen molar-refractivity contribution in [1.29, 1.82) is 0 Å². The number of piperidine rings is 1. The maximum atomic E-state index is 13.1. The Morgan fingerprint density at radius 1 is 1.14 bits per heavy atom. The maximum Gasteiger partial charge on any atom is 0.270 e. The van der Waals surface area contributed by atoms with E-state index in [9.17, 15) is 9.59 Å². The molecule has 2 N–H and O–H groups in total. The van der Waals surface area contributed by atoms with E-state index >= 15 is 0 Å². The van der Waals surface area contributed by atoms with Gasteiger partial charge in [0.1, 0.15) is 11.4 Å². The topological polar surface area (TPSA) is 74.4 Å². The fourth-order valence-corrected chi connectivity index (χ4v) is 4.85. The number of halogens is 1. The average Bonchev–Trinajstić information content (AvgIpc) is 3.27. The number of likely N-dealkylation sites (tertiary alicyclic amines) is 1. The van der Waals surface area contributed by atoms with Crippen LogP contribution in [0.5, 0.6) is 5.75 Å². The van der Waals surface area contributed by atoms with Crippen molar-refractivity contribution in [3.8, 4) is 5.75 Å². The summed E-state index contributed by atoms with van der Waals surface area (Å²) in [6.45, 7) is 1.08. The van der Waals surface area contributed by atoms with Crippen molar-refractivity contribution in [3.05, 3.63) is 58.2 Å². The molecule has 1 fully saturated rings. The first-order chi connectivity index (χ1) is 14.0. The maximum absolute atomic E-state index is 13.1. The number of aromatic amines is 1. The molecule has 1 saturated heterocycles. The normalized spacial score (nSPS) is 17.4. The molecule has 2 aromatic carbocycles. The van der Waals surface area contributed by atoms with E-state index in [4.69, 9.17) is 4.74 Å². The van der Waals surface area contributed by atoms with Crippen LogP contribution in [0.4, 0.5) is 5.69 Å². The van der Waals surface area contributed by atoms with Crippen molar-refractivity contribution in [1.82, 2.24) is 9.88 Å². The Hall–Kier alpha value is -2.80. The van der Waals surface area contributed by atoms with Gasteiger partial charge in [-0.05, 0) is 54.8 Å². The second kappa shape index (κ2) is 6.62. The van der Waals surface area contributed by atoms with Crippen molar-refractivity contribution < 1.29 is 14.3 Å². The van der Waals surface area contributed by atoms with Crippen molar-refractivity contribution in [2.24, 2.45) is 0 Å². The van der Waals surface area contributed by atoms with Crippen LogP contribution in [0.2, 0.25) is 0 Å². The number of ether oxygens (including phenoxy) is 1. The Labute approximate surface area is 176 Å². The van der Waals surface area contributed by atoms with Gasteiger partial charge in [0.15, 0.2) is 0 Å². The fraction of sp³-hybridized carbons (Fsp3) is 0.273. The van der Waals surface area contributed by atoms with Gasteiger partial charge in [0.05, 0.1) is 12.5 Å². The van der Waals surface area contributed by atoms with Gasteiger partial charge in [0, 0.05) is 40.2 Å². The SMILES string of the molecule is COc1ccc2cc(C(=O)N3CCC4(CC3)C(=O)Nc3ccc(Br)cc34)[nH]c2c1. The van der Waals surface area contributed by atoms with Crippen LogP contribution in [0.1, 0.15) is 28.9 Å². The number of carbonyl (C=O) groups excluding carboxylic acids is 2. The van der Waals surface area contributed by atoms with Crippen molar-refractivity contribution in [2.45, 2.75) is 18.3 Å². The molecular weight excluding hydrogens is 434 g/mol. The first-order valence-electron chi connectivity index (χ1n) is 9.58. The number of fused-ring (bicyclic) bond motifs is 3. The number of methoxy groups -OCH3 is 1. The molecule has 0 aliphatic carbocycles. The van der Waals surface area contributed by atoms with Crippen molar-refractivity contribution in [3.63, 3.8) is 0 Å². The molecule has 2 amide bonds. The van der Waals surface area contributed by atoms with Crippen molar-refractivity contribution in [2.75, 3.05) is 25.5 Å². The van der Waals surface area contributed by atoms with Gasteiger partial charge in [-0.1, -0.05) is 15.9 Å². The van der Waals surface area contributed by atoms with Gasteiger partial charge in [0.25, 0.3) is 5.91 Å². The highest BCUT2D eigenvalue weighted by Crippen LogP contribution is 2.46. The lowest BCUT2D eigenvalue weighted by Gasteiger charge is -2.37. The zero-order valence-electron chi connectivity index (χ0n) is 15.9. The number of anilines is 1. The van der Waals surface area contributed by atoms with E-state index in [1.807, 2.05) is 47.4 Å². The number of hydrogen-bond acceptors (Lipinski definition) is 3. The lowest BCUT2D eigenvalue weighted by molar-refractivity contribution is -0.122. The molecule has 6 nitrogen and oxygen atoms in total. The lowest BCUT2D eigenvalue weighted by atomic mass is 9.73. The number of carbonyl (C=O) groups is 2. The van der Waals surface area contributed by atoms with E-state index in [1.165, 1.54) is 0 Å². The van der Waals surface area contributed by atoms with Crippen LogP contribution >= 0.6 is 15.9 Å². The average molecular weight is 454 g/mol. The molecule has 3 heterocycles. The highest BCUT2D eigenvalue weighted by Gasteiger charge is 2.49. The second-order valence-electron chi connectivity index (χ2n) is 7.65. The van der Waals surface area contributed by atoms with E-state index < -0.39 is 5.41 Å². The quantitative estimate of drug-likeness (QED) is 0.614. The van der Waals surface area contributed by atoms with E-state index in [-0.39, 0.29) is 11.8 Å². The number of nitrogens with zero attached hydrogens (tertiary/aromatic N) is 1. The Morgan fingerprint density at radius 2 is 1.93 bits per heavy atom. The first-order valence-corrected chi connectivity index (χ1v) is 10.4. The van der Waals surface area contributed by atoms with Crippen molar-refractivity contribution >= 4 is 44.3 Å². The summed E-state index contributed by atoms with van der Waals surface area (Å²) in [5.41, 5.74) is 2.78. The minimum absolute atomic E-state index is 0.0374. The molecule has 148 valence electrons. The number of H-pyrrole nitrogens is 1. The standard InChI is InChI=1S/C22H20BrN3O3/c1-29-15-4-2-13-10-19(24-18(13)12-15)20(27)26-8-6-22(7-9-26)16-11-14(23)3-5-17(16)25-21(22)28/h2-5,10-12,24H,6-9H2,1H3,(H,25,28). The number of aromatic nitrogens is 1. The molecule has 3 aromatic rings. The molecule has 0 saturated carbocycles. The summed E-state index contributed by atoms with van der Waals surface area (Å²) in [6, 6.07) is 13.5. The molecular formula is C22H20BrN3O3. The highest BCUT2D eigenvalue weighted by molar-refractivity contribution is 9.10. The minimum atomic E-state index is -0.552. The van der Waals surface area contributed by atoms with Gasteiger partial charge in [-0.25, -0.2) is 0 Å². The lowest BCUT2D eigenvalue weighted by Crippen LogP contribution is -2.48. The van der Waals surface area contributed by atoms with Crippen LogP contribution < -0.4 is 10.1 Å². The predicted molar refractivity (Wildman–Crippen MR) is 114 cm³/mol. The molecule has 2 aliphatic rings. The molecule has 0 unspecified atom stereocenters. The Kier molecular flexibility index (Phi) is 4.17. The summed E-state index contributed by atoms with van der Waals surface area (Å²) in [4.78, 5) is 30.9. The fourth-order valence-electron chi connectivity index (χ4n) is 4.49. The van der Waals surface area contributed by atoms with Crippen LogP contribution in [0.25, 0.3) is 10.9 Å². The van der Waals surface area contributed by atoms with E-state index in [0.717, 1.165) is 32.4 Å². The molecule has 7 heteroatoms. The van der Waals surface area contributed by atoms with Crippen LogP contribution in [0.15, 0.2) is 46.9 Å². The summed E-state index contributed by atoms with van der Waals surface area (Å²) in [7, 11) is 1.62. The highest BCUT2D eigenvalue weighted by atomic mass is 79.9.